The van der Waals surface area contributed by atoms with Gasteiger partial charge in [0.25, 0.3) is 0 Å². The highest BCUT2D eigenvalue weighted by molar-refractivity contribution is 6.31. The number of para-hydroxylation sites is 2. The Morgan fingerprint density at radius 1 is 1.15 bits per heavy atom. The molecule has 0 aliphatic carbocycles. The molecule has 138 valence electrons. The number of carbonyl (C=O) groups is 1. The van der Waals surface area contributed by atoms with Gasteiger partial charge < -0.3 is 9.30 Å². The predicted molar refractivity (Wildman–Crippen MR) is 108 cm³/mol. The van der Waals surface area contributed by atoms with E-state index in [9.17, 15) is 4.79 Å². The van der Waals surface area contributed by atoms with E-state index in [0.717, 1.165) is 33.9 Å². The van der Waals surface area contributed by atoms with Crippen molar-refractivity contribution in [1.29, 1.82) is 0 Å². The van der Waals surface area contributed by atoms with Crippen LogP contribution in [0.5, 0.6) is 0 Å². The van der Waals surface area contributed by atoms with Gasteiger partial charge in [-0.15, -0.1) is 0 Å². The summed E-state index contributed by atoms with van der Waals surface area (Å²) in [7, 11) is 0. The minimum Gasteiger partial charge on any atom is -0.464 e. The zero-order chi connectivity index (χ0) is 19.0. The molecule has 0 unspecified atom stereocenters. The summed E-state index contributed by atoms with van der Waals surface area (Å²) < 4.78 is 7.26. The number of benzene rings is 2. The summed E-state index contributed by atoms with van der Waals surface area (Å²) in [6, 6.07) is 13.3. The van der Waals surface area contributed by atoms with E-state index in [2.05, 4.69) is 13.8 Å². The summed E-state index contributed by atoms with van der Waals surface area (Å²) in [6.07, 6.45) is 0.846. The Hall–Kier alpha value is -2.66. The molecule has 2 aromatic carbocycles. The van der Waals surface area contributed by atoms with Crippen molar-refractivity contribution in [2.45, 2.75) is 26.8 Å². The Balaban J connectivity index is 1.82. The lowest BCUT2D eigenvalue weighted by molar-refractivity contribution is -0.144. The average Bonchev–Trinajstić information content (AvgIpc) is 2.92. The van der Waals surface area contributed by atoms with Crippen LogP contribution in [-0.4, -0.2) is 27.1 Å². The van der Waals surface area contributed by atoms with Gasteiger partial charge in [0.15, 0.2) is 5.65 Å². The average molecular weight is 382 g/mol. The molecule has 0 atom stereocenters. The van der Waals surface area contributed by atoms with E-state index < -0.39 is 0 Å². The number of halogens is 1. The van der Waals surface area contributed by atoms with Crippen molar-refractivity contribution in [2.75, 3.05) is 6.61 Å². The molecular weight excluding hydrogens is 362 g/mol. The monoisotopic (exact) mass is 381 g/mol. The number of esters is 1. The highest BCUT2D eigenvalue weighted by Crippen LogP contribution is 2.30. The highest BCUT2D eigenvalue weighted by atomic mass is 35.5. The second-order valence-electron chi connectivity index (χ2n) is 7.04. The minimum absolute atomic E-state index is 0.0900. The second kappa shape index (κ2) is 7.16. The maximum absolute atomic E-state index is 12.4. The molecule has 5 nitrogen and oxygen atoms in total. The number of ether oxygens (including phenoxy) is 1. The number of rotatable bonds is 5. The fourth-order valence-electron chi connectivity index (χ4n) is 3.15. The lowest BCUT2D eigenvalue weighted by Gasteiger charge is -2.09. The Morgan fingerprint density at radius 3 is 2.63 bits per heavy atom. The van der Waals surface area contributed by atoms with Gasteiger partial charge in [0.05, 0.1) is 23.2 Å². The number of aromatic nitrogens is 3. The van der Waals surface area contributed by atoms with Gasteiger partial charge in [0.2, 0.25) is 0 Å². The van der Waals surface area contributed by atoms with Gasteiger partial charge in [0, 0.05) is 10.4 Å². The molecule has 0 N–H and O–H groups in total. The van der Waals surface area contributed by atoms with Crippen LogP contribution in [-0.2, 0) is 16.1 Å². The van der Waals surface area contributed by atoms with Gasteiger partial charge in [0.1, 0.15) is 12.1 Å². The van der Waals surface area contributed by atoms with E-state index in [1.165, 1.54) is 0 Å². The summed E-state index contributed by atoms with van der Waals surface area (Å²) in [5.41, 5.74) is 3.86. The molecule has 2 aromatic heterocycles. The molecule has 0 amide bonds. The molecule has 4 aromatic rings. The molecule has 0 aliphatic rings. The summed E-state index contributed by atoms with van der Waals surface area (Å²) in [4.78, 5) is 21.9. The number of hydrogen-bond donors (Lipinski definition) is 0. The maximum atomic E-state index is 12.4. The van der Waals surface area contributed by atoms with Crippen LogP contribution in [0.1, 0.15) is 20.3 Å². The largest absolute Gasteiger partial charge is 0.464 e. The van der Waals surface area contributed by atoms with Crippen LogP contribution in [0.25, 0.3) is 33.1 Å². The zero-order valence-corrected chi connectivity index (χ0v) is 16.0. The van der Waals surface area contributed by atoms with E-state index in [-0.39, 0.29) is 12.5 Å². The molecule has 2 heterocycles. The van der Waals surface area contributed by atoms with Crippen LogP contribution in [0.4, 0.5) is 0 Å². The summed E-state index contributed by atoms with van der Waals surface area (Å²) in [5.74, 6) is 0.213. The zero-order valence-electron chi connectivity index (χ0n) is 15.3. The molecule has 4 rings (SSSR count). The number of hydrogen-bond acceptors (Lipinski definition) is 4. The molecule has 0 saturated carbocycles. The van der Waals surface area contributed by atoms with E-state index in [0.29, 0.717) is 23.2 Å². The van der Waals surface area contributed by atoms with E-state index in [1.54, 1.807) is 0 Å². The molecule has 6 heteroatoms. The normalized spacial score (nSPS) is 11.7. The molecule has 0 saturated heterocycles. The first-order chi connectivity index (χ1) is 13.0. The predicted octanol–water partition coefficient (Wildman–Crippen LogP) is 4.98. The third-order valence-electron chi connectivity index (χ3n) is 4.56. The SMILES string of the molecule is CC(C)CCOC(=O)Cn1c2ccc(Cl)cc2c2nc3ccccc3nc21. The van der Waals surface area contributed by atoms with Gasteiger partial charge in [-0.25, -0.2) is 9.97 Å². The van der Waals surface area contributed by atoms with Crippen molar-refractivity contribution in [2.24, 2.45) is 5.92 Å². The van der Waals surface area contributed by atoms with Crippen molar-refractivity contribution in [3.8, 4) is 0 Å². The van der Waals surface area contributed by atoms with Crippen molar-refractivity contribution in [3.63, 3.8) is 0 Å². The molecule has 0 spiro atoms. The maximum Gasteiger partial charge on any atom is 0.326 e. The summed E-state index contributed by atoms with van der Waals surface area (Å²) >= 11 is 6.20. The number of fused-ring (bicyclic) bond motifs is 4. The third kappa shape index (κ3) is 3.47. The molecule has 27 heavy (non-hydrogen) atoms. The highest BCUT2D eigenvalue weighted by Gasteiger charge is 2.17. The van der Waals surface area contributed by atoms with Crippen LogP contribution in [0.3, 0.4) is 0 Å². The molecule has 0 aliphatic heterocycles. The molecular formula is C21H20ClN3O2. The van der Waals surface area contributed by atoms with Gasteiger partial charge in [-0.05, 0) is 42.7 Å². The first-order valence-electron chi connectivity index (χ1n) is 9.03. The van der Waals surface area contributed by atoms with Crippen molar-refractivity contribution in [1.82, 2.24) is 14.5 Å². The minimum atomic E-state index is -0.278. The Bertz CT molecular complexity index is 1150. The van der Waals surface area contributed by atoms with Crippen LogP contribution in [0, 0.1) is 5.92 Å². The Morgan fingerprint density at radius 2 is 1.89 bits per heavy atom. The number of carbonyl (C=O) groups excluding carboxylic acids is 1. The van der Waals surface area contributed by atoms with E-state index in [4.69, 9.17) is 26.3 Å². The lowest BCUT2D eigenvalue weighted by atomic mass is 10.1. The molecule has 0 bridgehead atoms. The second-order valence-corrected chi connectivity index (χ2v) is 7.47. The van der Waals surface area contributed by atoms with Gasteiger partial charge in [-0.3, -0.25) is 4.79 Å². The molecule has 0 radical (unpaired) electrons. The van der Waals surface area contributed by atoms with E-state index >= 15 is 0 Å². The first-order valence-corrected chi connectivity index (χ1v) is 9.40. The first kappa shape index (κ1) is 17.7. The van der Waals surface area contributed by atoms with Crippen molar-refractivity contribution >= 4 is 50.7 Å². The van der Waals surface area contributed by atoms with Gasteiger partial charge in [-0.2, -0.15) is 0 Å². The lowest BCUT2D eigenvalue weighted by Crippen LogP contribution is -2.15. The van der Waals surface area contributed by atoms with E-state index in [1.807, 2.05) is 47.0 Å². The van der Waals surface area contributed by atoms with Crippen molar-refractivity contribution in [3.05, 3.63) is 47.5 Å². The Labute approximate surface area is 161 Å². The quantitative estimate of drug-likeness (QED) is 0.457. The smallest absolute Gasteiger partial charge is 0.326 e. The number of nitrogens with zero attached hydrogens (tertiary/aromatic N) is 3. The Kier molecular flexibility index (Phi) is 4.70. The van der Waals surface area contributed by atoms with Crippen LogP contribution < -0.4 is 0 Å². The standard InChI is InChI=1S/C21H20ClN3O2/c1-13(2)9-10-27-19(26)12-25-18-8-7-14(22)11-15(18)20-21(25)24-17-6-4-3-5-16(17)23-20/h3-8,11,13H,9-10,12H2,1-2H3. The van der Waals surface area contributed by atoms with Gasteiger partial charge in [-0.1, -0.05) is 37.6 Å². The molecule has 0 fully saturated rings. The topological polar surface area (TPSA) is 57.0 Å². The summed E-state index contributed by atoms with van der Waals surface area (Å²) in [5, 5.41) is 1.50. The summed E-state index contributed by atoms with van der Waals surface area (Å²) in [6.45, 7) is 4.72. The fraction of sp³-hybridized carbons (Fsp3) is 0.286. The van der Waals surface area contributed by atoms with Crippen molar-refractivity contribution < 1.29 is 9.53 Å². The fourth-order valence-corrected chi connectivity index (χ4v) is 3.32. The third-order valence-corrected chi connectivity index (χ3v) is 4.79. The van der Waals surface area contributed by atoms with Crippen LogP contribution >= 0.6 is 11.6 Å². The van der Waals surface area contributed by atoms with Gasteiger partial charge >= 0.3 is 5.97 Å². The van der Waals surface area contributed by atoms with Crippen LogP contribution in [0.15, 0.2) is 42.5 Å². The van der Waals surface area contributed by atoms with Crippen LogP contribution in [0.2, 0.25) is 5.02 Å².